The van der Waals surface area contributed by atoms with Gasteiger partial charge in [0, 0.05) is 11.5 Å². The van der Waals surface area contributed by atoms with Crippen LogP contribution in [0.5, 0.6) is 11.5 Å². The third-order valence-electron chi connectivity index (χ3n) is 5.52. The van der Waals surface area contributed by atoms with Gasteiger partial charge in [0.2, 0.25) is 5.76 Å². The van der Waals surface area contributed by atoms with E-state index in [1.165, 1.54) is 4.90 Å². The van der Waals surface area contributed by atoms with E-state index in [0.717, 1.165) is 16.5 Å². The van der Waals surface area contributed by atoms with Crippen molar-refractivity contribution in [1.29, 1.82) is 0 Å². The highest BCUT2D eigenvalue weighted by Crippen LogP contribution is 2.40. The highest BCUT2D eigenvalue weighted by molar-refractivity contribution is 9.10. The number of amides is 1. The summed E-state index contributed by atoms with van der Waals surface area (Å²) >= 11 is 3.40. The molecule has 0 fully saturated rings. The maximum absolute atomic E-state index is 13.4. The summed E-state index contributed by atoms with van der Waals surface area (Å²) in [5, 5.41) is 0.432. The molecular weight excluding hydrogens is 462 g/mol. The SMILES string of the molecule is COc1cc(C2c3c(oc4ccc(Br)cc4c3=O)C(=O)N2C)ccc1OCCC(C)C. The van der Waals surface area contributed by atoms with E-state index in [0.29, 0.717) is 40.6 Å². The smallest absolute Gasteiger partial charge is 0.290 e. The number of carbonyl (C=O) groups excluding carboxylic acids is 1. The highest BCUT2D eigenvalue weighted by Gasteiger charge is 2.41. The van der Waals surface area contributed by atoms with Gasteiger partial charge in [0.05, 0.1) is 30.7 Å². The minimum absolute atomic E-state index is 0.0866. The fourth-order valence-electron chi connectivity index (χ4n) is 3.83. The molecule has 0 bridgehead atoms. The van der Waals surface area contributed by atoms with Crippen LogP contribution in [0.1, 0.15) is 48.0 Å². The van der Waals surface area contributed by atoms with Crippen molar-refractivity contribution in [2.24, 2.45) is 5.92 Å². The van der Waals surface area contributed by atoms with Crippen molar-refractivity contribution in [3.05, 3.63) is 68.0 Å². The van der Waals surface area contributed by atoms with Crippen molar-refractivity contribution in [1.82, 2.24) is 4.90 Å². The van der Waals surface area contributed by atoms with Crippen molar-refractivity contribution >= 4 is 32.8 Å². The summed E-state index contributed by atoms with van der Waals surface area (Å²) < 4.78 is 18.0. The molecule has 1 atom stereocenters. The van der Waals surface area contributed by atoms with E-state index in [2.05, 4.69) is 29.8 Å². The average Bonchev–Trinajstić information content (AvgIpc) is 2.99. The molecule has 2 aromatic carbocycles. The van der Waals surface area contributed by atoms with Crippen LogP contribution in [0.3, 0.4) is 0 Å². The lowest BCUT2D eigenvalue weighted by atomic mass is 9.98. The number of benzene rings is 2. The molecule has 1 amide bonds. The topological polar surface area (TPSA) is 69.0 Å². The van der Waals surface area contributed by atoms with Gasteiger partial charge in [-0.1, -0.05) is 35.8 Å². The first-order valence-corrected chi connectivity index (χ1v) is 10.9. The molecule has 0 spiro atoms. The van der Waals surface area contributed by atoms with E-state index < -0.39 is 6.04 Å². The molecular formula is C24H24BrNO5. The standard InChI is InChI=1S/C24H24BrNO5/c1-13(2)9-10-30-18-7-5-14(11-19(18)29-4)21-20-22(27)16-12-15(25)6-8-17(16)31-23(20)24(28)26(21)3/h5-8,11-13,21H,9-10H2,1-4H3. The summed E-state index contributed by atoms with van der Waals surface area (Å²) in [7, 11) is 3.24. The predicted octanol–water partition coefficient (Wildman–Crippen LogP) is 5.16. The van der Waals surface area contributed by atoms with Gasteiger partial charge in [0.25, 0.3) is 5.91 Å². The molecule has 1 unspecified atom stereocenters. The molecule has 0 aliphatic carbocycles. The maximum Gasteiger partial charge on any atom is 0.290 e. The first kappa shape index (κ1) is 21.4. The van der Waals surface area contributed by atoms with E-state index in [1.807, 2.05) is 18.2 Å². The molecule has 0 saturated heterocycles. The normalized spacial score (nSPS) is 15.6. The zero-order valence-electron chi connectivity index (χ0n) is 17.9. The van der Waals surface area contributed by atoms with Gasteiger partial charge in [0.15, 0.2) is 16.9 Å². The van der Waals surface area contributed by atoms with E-state index in [-0.39, 0.29) is 17.1 Å². The summed E-state index contributed by atoms with van der Waals surface area (Å²) in [6, 6.07) is 10.1. The minimum atomic E-state index is -0.569. The largest absolute Gasteiger partial charge is 0.493 e. The number of hydrogen-bond donors (Lipinski definition) is 0. The van der Waals surface area contributed by atoms with Gasteiger partial charge in [-0.25, -0.2) is 0 Å². The highest BCUT2D eigenvalue weighted by atomic mass is 79.9. The quantitative estimate of drug-likeness (QED) is 0.481. The molecule has 31 heavy (non-hydrogen) atoms. The number of hydrogen-bond acceptors (Lipinski definition) is 5. The van der Waals surface area contributed by atoms with E-state index >= 15 is 0 Å². The summed E-state index contributed by atoms with van der Waals surface area (Å²) in [5.74, 6) is 1.49. The molecule has 0 radical (unpaired) electrons. The van der Waals surface area contributed by atoms with Crippen LogP contribution in [0.15, 0.2) is 50.1 Å². The number of methoxy groups -OCH3 is 1. The molecule has 3 aromatic rings. The Labute approximate surface area is 188 Å². The zero-order chi connectivity index (χ0) is 22.3. The molecule has 0 saturated carbocycles. The monoisotopic (exact) mass is 485 g/mol. The average molecular weight is 486 g/mol. The number of fused-ring (bicyclic) bond motifs is 2. The molecule has 1 aliphatic rings. The third kappa shape index (κ3) is 3.82. The lowest BCUT2D eigenvalue weighted by Gasteiger charge is -2.21. The van der Waals surface area contributed by atoms with Crippen molar-refractivity contribution in [3.8, 4) is 11.5 Å². The molecule has 1 aromatic heterocycles. The number of halogens is 1. The van der Waals surface area contributed by atoms with Gasteiger partial charge < -0.3 is 18.8 Å². The van der Waals surface area contributed by atoms with Crippen LogP contribution in [0, 0.1) is 5.92 Å². The summed E-state index contributed by atoms with van der Waals surface area (Å²) in [6.07, 6.45) is 0.932. The van der Waals surface area contributed by atoms with Crippen LogP contribution in [0.4, 0.5) is 0 Å². The van der Waals surface area contributed by atoms with Gasteiger partial charge in [0.1, 0.15) is 5.58 Å². The summed E-state index contributed by atoms with van der Waals surface area (Å²) in [5.41, 5.74) is 1.27. The Morgan fingerprint density at radius 2 is 1.90 bits per heavy atom. The second kappa shape index (κ2) is 8.38. The van der Waals surface area contributed by atoms with Crippen LogP contribution in [-0.4, -0.2) is 31.6 Å². The van der Waals surface area contributed by atoms with Crippen molar-refractivity contribution < 1.29 is 18.7 Å². The van der Waals surface area contributed by atoms with Crippen LogP contribution >= 0.6 is 15.9 Å². The fraction of sp³-hybridized carbons (Fsp3) is 0.333. The van der Waals surface area contributed by atoms with E-state index in [1.54, 1.807) is 32.4 Å². The Bertz CT molecular complexity index is 1220. The van der Waals surface area contributed by atoms with Crippen molar-refractivity contribution in [2.75, 3.05) is 20.8 Å². The minimum Gasteiger partial charge on any atom is -0.493 e. The second-order valence-corrected chi connectivity index (χ2v) is 8.99. The Kier molecular flexibility index (Phi) is 5.79. The third-order valence-corrected chi connectivity index (χ3v) is 6.01. The van der Waals surface area contributed by atoms with E-state index in [4.69, 9.17) is 13.9 Å². The molecule has 6 nitrogen and oxygen atoms in total. The van der Waals surface area contributed by atoms with Crippen LogP contribution in [-0.2, 0) is 0 Å². The Hall–Kier alpha value is -2.80. The lowest BCUT2D eigenvalue weighted by Crippen LogP contribution is -2.25. The van der Waals surface area contributed by atoms with Gasteiger partial charge in [-0.2, -0.15) is 0 Å². The number of rotatable bonds is 6. The fourth-order valence-corrected chi connectivity index (χ4v) is 4.19. The summed E-state index contributed by atoms with van der Waals surface area (Å²) in [6.45, 7) is 4.87. The Balaban J connectivity index is 1.79. The maximum atomic E-state index is 13.4. The number of ether oxygens (including phenoxy) is 2. The van der Waals surface area contributed by atoms with Gasteiger partial charge in [-0.05, 0) is 48.2 Å². The first-order valence-electron chi connectivity index (χ1n) is 10.2. The van der Waals surface area contributed by atoms with Gasteiger partial charge >= 0.3 is 0 Å². The van der Waals surface area contributed by atoms with Crippen LogP contribution in [0.2, 0.25) is 0 Å². The molecule has 2 heterocycles. The van der Waals surface area contributed by atoms with E-state index in [9.17, 15) is 9.59 Å². The molecule has 0 N–H and O–H groups in total. The molecule has 7 heteroatoms. The number of carbonyl (C=O) groups is 1. The van der Waals surface area contributed by atoms with Gasteiger partial charge in [-0.15, -0.1) is 0 Å². The number of nitrogens with zero attached hydrogens (tertiary/aromatic N) is 1. The zero-order valence-corrected chi connectivity index (χ0v) is 19.5. The van der Waals surface area contributed by atoms with Gasteiger partial charge in [-0.3, -0.25) is 9.59 Å². The second-order valence-electron chi connectivity index (χ2n) is 8.07. The van der Waals surface area contributed by atoms with Crippen molar-refractivity contribution in [2.45, 2.75) is 26.3 Å². The molecule has 1 aliphatic heterocycles. The molecule has 4 rings (SSSR count). The van der Waals surface area contributed by atoms with Crippen LogP contribution < -0.4 is 14.9 Å². The predicted molar refractivity (Wildman–Crippen MR) is 122 cm³/mol. The van der Waals surface area contributed by atoms with Crippen LogP contribution in [0.25, 0.3) is 11.0 Å². The Morgan fingerprint density at radius 3 is 2.61 bits per heavy atom. The summed E-state index contributed by atoms with van der Waals surface area (Å²) in [4.78, 5) is 27.8. The lowest BCUT2D eigenvalue weighted by molar-refractivity contribution is 0.0771. The first-order chi connectivity index (χ1) is 14.8. The molecule has 162 valence electrons. The Morgan fingerprint density at radius 1 is 1.13 bits per heavy atom. The van der Waals surface area contributed by atoms with Crippen molar-refractivity contribution in [3.63, 3.8) is 0 Å².